The minimum atomic E-state index is -0.775. The lowest BCUT2D eigenvalue weighted by atomic mass is 9.99. The van der Waals surface area contributed by atoms with Gasteiger partial charge in [-0.1, -0.05) is 19.4 Å². The Labute approximate surface area is 93.5 Å². The summed E-state index contributed by atoms with van der Waals surface area (Å²) in [6, 6.07) is 5.57. The molecule has 1 unspecified atom stereocenters. The second-order valence-corrected chi connectivity index (χ2v) is 3.79. The van der Waals surface area contributed by atoms with Crippen molar-refractivity contribution < 1.29 is 9.90 Å². The summed E-state index contributed by atoms with van der Waals surface area (Å²) < 4.78 is 1.84. The third kappa shape index (κ3) is 1.78. The van der Waals surface area contributed by atoms with Crippen molar-refractivity contribution in [3.63, 3.8) is 0 Å². The van der Waals surface area contributed by atoms with Crippen LogP contribution in [-0.2, 0) is 4.79 Å². The molecule has 0 aromatic carbocycles. The Bertz CT molecular complexity index is 504. The zero-order chi connectivity index (χ0) is 11.5. The number of rotatable bonds is 4. The minimum absolute atomic E-state index is 0.456. The number of hydrogen-bond acceptors (Lipinski definition) is 2. The molecule has 2 rings (SSSR count). The molecule has 0 saturated carbocycles. The van der Waals surface area contributed by atoms with Crippen LogP contribution in [0, 0.1) is 0 Å². The molecule has 0 fully saturated rings. The molecule has 0 spiro atoms. The van der Waals surface area contributed by atoms with E-state index in [-0.39, 0.29) is 0 Å². The number of carboxylic acids is 1. The monoisotopic (exact) mass is 218 g/mol. The zero-order valence-electron chi connectivity index (χ0n) is 9.13. The van der Waals surface area contributed by atoms with Crippen LogP contribution >= 0.6 is 0 Å². The van der Waals surface area contributed by atoms with Crippen LogP contribution in [0.4, 0.5) is 0 Å². The highest BCUT2D eigenvalue weighted by atomic mass is 16.4. The molecule has 0 aliphatic heterocycles. The maximum Gasteiger partial charge on any atom is 0.312 e. The number of imidazole rings is 1. The number of carbonyl (C=O) groups is 1. The average molecular weight is 218 g/mol. The van der Waals surface area contributed by atoms with Gasteiger partial charge in [-0.3, -0.25) is 4.79 Å². The topological polar surface area (TPSA) is 54.6 Å². The summed E-state index contributed by atoms with van der Waals surface area (Å²) in [6.07, 6.45) is 4.98. The van der Waals surface area contributed by atoms with Crippen LogP contribution < -0.4 is 0 Å². The van der Waals surface area contributed by atoms with E-state index in [1.807, 2.05) is 29.5 Å². The smallest absolute Gasteiger partial charge is 0.312 e. The molecular formula is C12H14N2O2. The summed E-state index contributed by atoms with van der Waals surface area (Å²) in [5, 5.41) is 9.22. The highest BCUT2D eigenvalue weighted by Crippen LogP contribution is 2.22. The lowest BCUT2D eigenvalue weighted by Crippen LogP contribution is -2.14. The molecule has 2 aromatic rings. The number of aliphatic carboxylic acids is 1. The van der Waals surface area contributed by atoms with Crippen molar-refractivity contribution in [3.05, 3.63) is 36.3 Å². The molecule has 0 aliphatic rings. The minimum Gasteiger partial charge on any atom is -0.481 e. The summed E-state index contributed by atoms with van der Waals surface area (Å²) in [5.74, 6) is -1.23. The van der Waals surface area contributed by atoms with Gasteiger partial charge in [-0.25, -0.2) is 4.98 Å². The first kappa shape index (κ1) is 10.7. The number of aromatic nitrogens is 2. The quantitative estimate of drug-likeness (QED) is 0.856. The van der Waals surface area contributed by atoms with Gasteiger partial charge in [0.05, 0.1) is 5.92 Å². The molecule has 0 saturated heterocycles. The van der Waals surface area contributed by atoms with Crippen LogP contribution in [0.5, 0.6) is 0 Å². The van der Waals surface area contributed by atoms with E-state index < -0.39 is 11.9 Å². The highest BCUT2D eigenvalue weighted by molar-refractivity contribution is 5.75. The Hall–Kier alpha value is -1.84. The molecule has 0 aliphatic carbocycles. The normalized spacial score (nSPS) is 12.8. The van der Waals surface area contributed by atoms with Gasteiger partial charge in [0.15, 0.2) is 0 Å². The fourth-order valence-corrected chi connectivity index (χ4v) is 1.94. The van der Waals surface area contributed by atoms with Gasteiger partial charge < -0.3 is 9.51 Å². The van der Waals surface area contributed by atoms with Crippen molar-refractivity contribution in [2.75, 3.05) is 0 Å². The molecule has 0 bridgehead atoms. The van der Waals surface area contributed by atoms with E-state index in [1.54, 1.807) is 12.4 Å². The Morgan fingerprint density at radius 2 is 2.38 bits per heavy atom. The molecule has 4 heteroatoms. The first-order valence-corrected chi connectivity index (χ1v) is 5.39. The predicted octanol–water partition coefficient (Wildman–Crippen LogP) is 2.30. The van der Waals surface area contributed by atoms with Crippen molar-refractivity contribution in [1.82, 2.24) is 9.38 Å². The third-order valence-corrected chi connectivity index (χ3v) is 2.69. The van der Waals surface area contributed by atoms with Crippen LogP contribution in [0.15, 0.2) is 30.6 Å². The SMILES string of the molecule is CCCC(C(=O)O)c1cccc2nccn12. The lowest BCUT2D eigenvalue weighted by Gasteiger charge is -2.13. The second-order valence-electron chi connectivity index (χ2n) is 3.79. The lowest BCUT2D eigenvalue weighted by molar-refractivity contribution is -0.139. The Kier molecular flexibility index (Phi) is 2.90. The highest BCUT2D eigenvalue weighted by Gasteiger charge is 2.21. The van der Waals surface area contributed by atoms with E-state index in [4.69, 9.17) is 0 Å². The molecule has 16 heavy (non-hydrogen) atoms. The summed E-state index contributed by atoms with van der Waals surface area (Å²) in [7, 11) is 0. The van der Waals surface area contributed by atoms with Gasteiger partial charge in [0, 0.05) is 18.1 Å². The number of fused-ring (bicyclic) bond motifs is 1. The van der Waals surface area contributed by atoms with Gasteiger partial charge >= 0.3 is 5.97 Å². The summed E-state index contributed by atoms with van der Waals surface area (Å²) in [4.78, 5) is 15.4. The third-order valence-electron chi connectivity index (χ3n) is 2.69. The number of nitrogens with zero attached hydrogens (tertiary/aromatic N) is 2. The van der Waals surface area contributed by atoms with Crippen LogP contribution in [0.1, 0.15) is 31.4 Å². The van der Waals surface area contributed by atoms with Crippen LogP contribution in [0.25, 0.3) is 5.65 Å². The Morgan fingerprint density at radius 1 is 1.56 bits per heavy atom. The van der Waals surface area contributed by atoms with Gasteiger partial charge in [0.25, 0.3) is 0 Å². The van der Waals surface area contributed by atoms with Gasteiger partial charge in [-0.2, -0.15) is 0 Å². The molecule has 2 aromatic heterocycles. The van der Waals surface area contributed by atoms with Gasteiger partial charge in [0.2, 0.25) is 0 Å². The van der Waals surface area contributed by atoms with Gasteiger partial charge in [-0.05, 0) is 18.6 Å². The Morgan fingerprint density at radius 3 is 3.06 bits per heavy atom. The predicted molar refractivity (Wildman–Crippen MR) is 60.5 cm³/mol. The van der Waals surface area contributed by atoms with E-state index >= 15 is 0 Å². The standard InChI is InChI=1S/C12H14N2O2/c1-2-4-9(12(15)16)10-5-3-6-11-13-7-8-14(10)11/h3,5-9H,2,4H2,1H3,(H,15,16). The van der Waals surface area contributed by atoms with Crippen molar-refractivity contribution >= 4 is 11.6 Å². The van der Waals surface area contributed by atoms with Crippen molar-refractivity contribution in [1.29, 1.82) is 0 Å². The first-order chi connectivity index (χ1) is 7.74. The molecular weight excluding hydrogens is 204 g/mol. The fraction of sp³-hybridized carbons (Fsp3) is 0.333. The molecule has 1 atom stereocenters. The van der Waals surface area contributed by atoms with Crippen LogP contribution in [0.3, 0.4) is 0 Å². The molecule has 0 amide bonds. The van der Waals surface area contributed by atoms with Crippen molar-refractivity contribution in [3.8, 4) is 0 Å². The second kappa shape index (κ2) is 4.35. The molecule has 4 nitrogen and oxygen atoms in total. The fourth-order valence-electron chi connectivity index (χ4n) is 1.94. The zero-order valence-corrected chi connectivity index (χ0v) is 9.13. The van der Waals surface area contributed by atoms with Crippen LogP contribution in [-0.4, -0.2) is 20.5 Å². The first-order valence-electron chi connectivity index (χ1n) is 5.39. The largest absolute Gasteiger partial charge is 0.481 e. The molecule has 2 heterocycles. The van der Waals surface area contributed by atoms with E-state index in [1.165, 1.54) is 0 Å². The van der Waals surface area contributed by atoms with Gasteiger partial charge in [0.1, 0.15) is 5.65 Å². The maximum atomic E-state index is 11.2. The number of hydrogen-bond donors (Lipinski definition) is 1. The van der Waals surface area contributed by atoms with Crippen molar-refractivity contribution in [2.45, 2.75) is 25.7 Å². The van der Waals surface area contributed by atoms with Gasteiger partial charge in [-0.15, -0.1) is 0 Å². The molecule has 0 radical (unpaired) electrons. The van der Waals surface area contributed by atoms with Crippen LogP contribution in [0.2, 0.25) is 0 Å². The number of pyridine rings is 1. The summed E-state index contributed by atoms with van der Waals surface area (Å²) >= 11 is 0. The molecule has 1 N–H and O–H groups in total. The Balaban J connectivity index is 2.51. The summed E-state index contributed by atoms with van der Waals surface area (Å²) in [5.41, 5.74) is 1.59. The van der Waals surface area contributed by atoms with E-state index in [2.05, 4.69) is 4.98 Å². The summed E-state index contributed by atoms with van der Waals surface area (Å²) in [6.45, 7) is 1.99. The van der Waals surface area contributed by atoms with Crippen molar-refractivity contribution in [2.24, 2.45) is 0 Å². The maximum absolute atomic E-state index is 11.2. The average Bonchev–Trinajstić information content (AvgIpc) is 2.73. The van der Waals surface area contributed by atoms with E-state index in [9.17, 15) is 9.90 Å². The van der Waals surface area contributed by atoms with E-state index in [0.717, 1.165) is 17.8 Å². The molecule has 84 valence electrons. The van der Waals surface area contributed by atoms with E-state index in [0.29, 0.717) is 6.42 Å². The number of carboxylic acid groups (broad SMARTS) is 1.